The molecule has 1 aliphatic carbocycles. The van der Waals surface area contributed by atoms with Crippen LogP contribution in [0.3, 0.4) is 0 Å². The molecule has 2 aromatic rings. The Bertz CT molecular complexity index is 708. The van der Waals surface area contributed by atoms with Crippen molar-refractivity contribution in [1.29, 1.82) is 0 Å². The maximum Gasteiger partial charge on any atom is 0.242 e. The Labute approximate surface area is 135 Å². The Hall–Kier alpha value is -1.85. The summed E-state index contributed by atoms with van der Waals surface area (Å²) in [4.78, 5) is 14.5. The molecule has 1 amide bonds. The maximum absolute atomic E-state index is 12.6. The van der Waals surface area contributed by atoms with Gasteiger partial charge in [-0.05, 0) is 42.2 Å². The van der Waals surface area contributed by atoms with Gasteiger partial charge in [0.05, 0.1) is 12.2 Å². The van der Waals surface area contributed by atoms with E-state index in [9.17, 15) is 15.0 Å². The minimum absolute atomic E-state index is 0.115. The van der Waals surface area contributed by atoms with E-state index >= 15 is 0 Å². The molecule has 2 aliphatic rings. The number of amides is 1. The van der Waals surface area contributed by atoms with Gasteiger partial charge < -0.3 is 19.7 Å². The van der Waals surface area contributed by atoms with Crippen LogP contribution in [0.15, 0.2) is 36.5 Å². The van der Waals surface area contributed by atoms with Crippen molar-refractivity contribution >= 4 is 16.8 Å². The van der Waals surface area contributed by atoms with Gasteiger partial charge in [-0.2, -0.15) is 0 Å². The first-order valence-corrected chi connectivity index (χ1v) is 8.29. The number of aliphatic hydroxyl groups is 2. The number of likely N-dealkylation sites (tertiary alicyclic amines) is 1. The molecule has 1 aliphatic heterocycles. The third-order valence-corrected chi connectivity index (χ3v) is 5.45. The summed E-state index contributed by atoms with van der Waals surface area (Å²) in [6.07, 6.45) is 1.88. The number of nitrogens with zero attached hydrogens (tertiary/aromatic N) is 2. The van der Waals surface area contributed by atoms with Crippen LogP contribution in [0.5, 0.6) is 0 Å². The minimum Gasteiger partial charge on any atom is -0.390 e. The predicted octanol–water partition coefficient (Wildman–Crippen LogP) is 1.23. The summed E-state index contributed by atoms with van der Waals surface area (Å²) in [7, 11) is 0. The molecule has 5 nitrogen and oxygen atoms in total. The number of para-hydroxylation sites is 1. The van der Waals surface area contributed by atoms with Gasteiger partial charge in [-0.1, -0.05) is 18.2 Å². The minimum atomic E-state index is -0.639. The van der Waals surface area contributed by atoms with Gasteiger partial charge in [-0.15, -0.1) is 0 Å². The van der Waals surface area contributed by atoms with Crippen molar-refractivity contribution in [2.45, 2.75) is 31.6 Å². The number of aromatic nitrogens is 1. The summed E-state index contributed by atoms with van der Waals surface area (Å²) in [5, 5.41) is 20.8. The first-order valence-electron chi connectivity index (χ1n) is 8.29. The average Bonchev–Trinajstić information content (AvgIpc) is 3.12. The van der Waals surface area contributed by atoms with E-state index in [0.29, 0.717) is 44.3 Å². The van der Waals surface area contributed by atoms with Crippen LogP contribution < -0.4 is 0 Å². The van der Waals surface area contributed by atoms with Gasteiger partial charge in [-0.3, -0.25) is 4.79 Å². The number of carbonyl (C=O) groups is 1. The van der Waals surface area contributed by atoms with Crippen LogP contribution >= 0.6 is 0 Å². The Balaban J connectivity index is 1.46. The van der Waals surface area contributed by atoms with Crippen LogP contribution in [-0.2, 0) is 11.3 Å². The number of carbonyl (C=O) groups excluding carboxylic acids is 1. The quantitative estimate of drug-likeness (QED) is 0.876. The van der Waals surface area contributed by atoms with Crippen molar-refractivity contribution < 1.29 is 15.0 Å². The second-order valence-corrected chi connectivity index (χ2v) is 6.93. The van der Waals surface area contributed by atoms with Crippen molar-refractivity contribution in [1.82, 2.24) is 9.47 Å². The maximum atomic E-state index is 12.6. The molecule has 4 rings (SSSR count). The van der Waals surface area contributed by atoms with E-state index < -0.39 is 12.2 Å². The summed E-state index contributed by atoms with van der Waals surface area (Å²) in [5.41, 5.74) is 1.07. The normalized spacial score (nSPS) is 30.6. The van der Waals surface area contributed by atoms with Crippen LogP contribution in [0.2, 0.25) is 0 Å². The van der Waals surface area contributed by atoms with Gasteiger partial charge in [0, 0.05) is 24.8 Å². The van der Waals surface area contributed by atoms with E-state index in [2.05, 4.69) is 0 Å². The number of hydrogen-bond donors (Lipinski definition) is 2. The highest BCUT2D eigenvalue weighted by Crippen LogP contribution is 2.36. The number of rotatable bonds is 2. The summed E-state index contributed by atoms with van der Waals surface area (Å²) in [6, 6.07) is 10.1. The number of aliphatic hydroxyl groups excluding tert-OH is 2. The van der Waals surface area contributed by atoms with Gasteiger partial charge in [0.1, 0.15) is 6.54 Å². The Morgan fingerprint density at radius 3 is 2.39 bits per heavy atom. The molecule has 0 bridgehead atoms. The van der Waals surface area contributed by atoms with E-state index in [-0.39, 0.29) is 5.91 Å². The first kappa shape index (κ1) is 14.7. The van der Waals surface area contributed by atoms with Crippen molar-refractivity contribution in [2.75, 3.05) is 13.1 Å². The van der Waals surface area contributed by atoms with E-state index in [0.717, 1.165) is 10.9 Å². The summed E-state index contributed by atoms with van der Waals surface area (Å²) in [5.74, 6) is 0.752. The molecule has 1 aromatic carbocycles. The van der Waals surface area contributed by atoms with Crippen LogP contribution in [0, 0.1) is 11.8 Å². The molecule has 0 spiro atoms. The monoisotopic (exact) mass is 314 g/mol. The molecule has 4 atom stereocenters. The molecule has 122 valence electrons. The topological polar surface area (TPSA) is 65.7 Å². The lowest BCUT2D eigenvalue weighted by Gasteiger charge is -2.31. The zero-order chi connectivity index (χ0) is 16.0. The van der Waals surface area contributed by atoms with Gasteiger partial charge in [0.25, 0.3) is 0 Å². The van der Waals surface area contributed by atoms with Gasteiger partial charge in [0.15, 0.2) is 0 Å². The lowest BCUT2D eigenvalue weighted by atomic mass is 9.79. The number of hydrogen-bond acceptors (Lipinski definition) is 3. The highest BCUT2D eigenvalue weighted by Gasteiger charge is 2.42. The van der Waals surface area contributed by atoms with E-state index in [1.807, 2.05) is 46.0 Å². The Kier molecular flexibility index (Phi) is 3.62. The fraction of sp³-hybridized carbons (Fsp3) is 0.500. The summed E-state index contributed by atoms with van der Waals surface area (Å²) in [6.45, 7) is 1.75. The Morgan fingerprint density at radius 2 is 1.70 bits per heavy atom. The van der Waals surface area contributed by atoms with Gasteiger partial charge in [-0.25, -0.2) is 0 Å². The molecular formula is C18H22N2O3. The van der Waals surface area contributed by atoms with Crippen molar-refractivity contribution in [3.8, 4) is 0 Å². The van der Waals surface area contributed by atoms with E-state index in [1.165, 1.54) is 0 Å². The van der Waals surface area contributed by atoms with E-state index in [4.69, 9.17) is 0 Å². The fourth-order valence-corrected chi connectivity index (χ4v) is 4.14. The Morgan fingerprint density at radius 1 is 1.04 bits per heavy atom. The third-order valence-electron chi connectivity index (χ3n) is 5.45. The van der Waals surface area contributed by atoms with E-state index in [1.54, 1.807) is 0 Å². The zero-order valence-corrected chi connectivity index (χ0v) is 13.0. The lowest BCUT2D eigenvalue weighted by Crippen LogP contribution is -2.38. The molecule has 2 fully saturated rings. The molecule has 0 unspecified atom stereocenters. The SMILES string of the molecule is O=C(Cn1ccc2ccccc21)N1C[C@H]2C[C@H](O)[C@H](O)C[C@H]2C1. The number of fused-ring (bicyclic) bond motifs is 2. The predicted molar refractivity (Wildman–Crippen MR) is 86.7 cm³/mol. The molecule has 0 radical (unpaired) electrons. The summed E-state index contributed by atoms with van der Waals surface area (Å²) >= 11 is 0. The molecule has 2 N–H and O–H groups in total. The molecular weight excluding hydrogens is 292 g/mol. The number of benzene rings is 1. The largest absolute Gasteiger partial charge is 0.390 e. The lowest BCUT2D eigenvalue weighted by molar-refractivity contribution is -0.130. The fourth-order valence-electron chi connectivity index (χ4n) is 4.14. The second kappa shape index (κ2) is 5.65. The molecule has 1 aromatic heterocycles. The van der Waals surface area contributed by atoms with Crippen molar-refractivity contribution in [3.05, 3.63) is 36.5 Å². The zero-order valence-electron chi connectivity index (χ0n) is 13.0. The highest BCUT2D eigenvalue weighted by molar-refractivity contribution is 5.83. The highest BCUT2D eigenvalue weighted by atomic mass is 16.3. The third kappa shape index (κ3) is 2.64. The van der Waals surface area contributed by atoms with Gasteiger partial charge >= 0.3 is 0 Å². The van der Waals surface area contributed by atoms with Crippen molar-refractivity contribution in [2.24, 2.45) is 11.8 Å². The molecule has 2 heterocycles. The second-order valence-electron chi connectivity index (χ2n) is 6.93. The molecule has 23 heavy (non-hydrogen) atoms. The molecule has 1 saturated heterocycles. The standard InChI is InChI=1S/C18H22N2O3/c21-16-7-13-9-20(10-14(13)8-17(16)22)18(23)11-19-6-5-12-3-1-2-4-15(12)19/h1-6,13-14,16-17,21-22H,7-11H2/t13-,14+,16+,17-. The van der Waals surface area contributed by atoms with Crippen molar-refractivity contribution in [3.63, 3.8) is 0 Å². The summed E-state index contributed by atoms with van der Waals surface area (Å²) < 4.78 is 1.99. The smallest absolute Gasteiger partial charge is 0.242 e. The van der Waals surface area contributed by atoms with Crippen LogP contribution in [0.1, 0.15) is 12.8 Å². The van der Waals surface area contributed by atoms with Gasteiger partial charge in [0.2, 0.25) is 5.91 Å². The van der Waals surface area contributed by atoms with Crippen LogP contribution in [0.4, 0.5) is 0 Å². The first-order chi connectivity index (χ1) is 11.1. The molecule has 5 heteroatoms. The molecule has 1 saturated carbocycles. The van der Waals surface area contributed by atoms with Crippen LogP contribution in [0.25, 0.3) is 10.9 Å². The average molecular weight is 314 g/mol. The van der Waals surface area contributed by atoms with Crippen LogP contribution in [-0.4, -0.2) is 50.9 Å².